The minimum atomic E-state index is -0.433. The van der Waals surface area contributed by atoms with Gasteiger partial charge in [-0.1, -0.05) is 12.2 Å². The Kier molecular flexibility index (Phi) is 3.06. The van der Waals surface area contributed by atoms with Gasteiger partial charge in [0.15, 0.2) is 0 Å². The van der Waals surface area contributed by atoms with Crippen LogP contribution in [0.15, 0.2) is 12.2 Å². The first-order valence-electron chi connectivity index (χ1n) is 4.36. The molecule has 2 unspecified atom stereocenters. The van der Waals surface area contributed by atoms with E-state index in [1.807, 2.05) is 11.8 Å². The Bertz CT molecular complexity index is 228. The van der Waals surface area contributed by atoms with Crippen molar-refractivity contribution in [2.75, 3.05) is 13.1 Å². The van der Waals surface area contributed by atoms with Crippen LogP contribution >= 0.6 is 0 Å². The molecule has 1 amide bonds. The van der Waals surface area contributed by atoms with E-state index in [-0.39, 0.29) is 11.9 Å². The maximum Gasteiger partial charge on any atom is 0.234 e. The minimum Gasteiger partial charge on any atom is -0.392 e. The van der Waals surface area contributed by atoms with Gasteiger partial charge in [-0.25, -0.2) is 0 Å². The lowest BCUT2D eigenvalue weighted by Gasteiger charge is -2.21. The molecular weight excluding hydrogens is 168 g/mol. The highest BCUT2D eigenvalue weighted by Crippen LogP contribution is 2.18. The SMILES string of the molecule is C=C(C)CN1CC(O)CC1C(N)=O. The number of primary amides is 1. The summed E-state index contributed by atoms with van der Waals surface area (Å²) in [5.41, 5.74) is 6.18. The van der Waals surface area contributed by atoms with E-state index in [0.29, 0.717) is 19.5 Å². The van der Waals surface area contributed by atoms with Crippen LogP contribution in [0.2, 0.25) is 0 Å². The van der Waals surface area contributed by atoms with Gasteiger partial charge < -0.3 is 10.8 Å². The summed E-state index contributed by atoms with van der Waals surface area (Å²) >= 11 is 0. The van der Waals surface area contributed by atoms with E-state index in [2.05, 4.69) is 6.58 Å². The summed E-state index contributed by atoms with van der Waals surface area (Å²) in [6, 6.07) is -0.327. The minimum absolute atomic E-state index is 0.327. The molecule has 2 atom stereocenters. The molecule has 1 saturated heterocycles. The van der Waals surface area contributed by atoms with E-state index >= 15 is 0 Å². The van der Waals surface area contributed by atoms with Crippen molar-refractivity contribution < 1.29 is 9.90 Å². The normalized spacial score (nSPS) is 29.1. The number of hydrogen-bond donors (Lipinski definition) is 2. The molecule has 1 rings (SSSR count). The average Bonchev–Trinajstić information content (AvgIpc) is 2.29. The van der Waals surface area contributed by atoms with Gasteiger partial charge in [0.05, 0.1) is 12.1 Å². The van der Waals surface area contributed by atoms with E-state index in [1.165, 1.54) is 0 Å². The van der Waals surface area contributed by atoms with E-state index in [4.69, 9.17) is 5.73 Å². The van der Waals surface area contributed by atoms with Crippen LogP contribution in [0.1, 0.15) is 13.3 Å². The molecule has 1 fully saturated rings. The average molecular weight is 184 g/mol. The van der Waals surface area contributed by atoms with E-state index in [0.717, 1.165) is 5.57 Å². The predicted octanol–water partition coefficient (Wildman–Crippen LogP) is -0.517. The lowest BCUT2D eigenvalue weighted by Crippen LogP contribution is -2.40. The number of aliphatic hydroxyl groups is 1. The molecule has 3 N–H and O–H groups in total. The second-order valence-corrected chi connectivity index (χ2v) is 3.69. The second kappa shape index (κ2) is 3.89. The molecule has 0 saturated carbocycles. The Hall–Kier alpha value is -0.870. The molecule has 0 aromatic heterocycles. The van der Waals surface area contributed by atoms with Gasteiger partial charge in [0.2, 0.25) is 5.91 Å². The first-order valence-corrected chi connectivity index (χ1v) is 4.36. The summed E-state index contributed by atoms with van der Waals surface area (Å²) in [5, 5.41) is 9.35. The van der Waals surface area contributed by atoms with Crippen molar-refractivity contribution >= 4 is 5.91 Å². The van der Waals surface area contributed by atoms with Crippen LogP contribution in [0.5, 0.6) is 0 Å². The molecule has 0 bridgehead atoms. The van der Waals surface area contributed by atoms with Crippen LogP contribution in [-0.4, -0.2) is 41.1 Å². The topological polar surface area (TPSA) is 66.6 Å². The highest BCUT2D eigenvalue weighted by Gasteiger charge is 2.34. The van der Waals surface area contributed by atoms with Gasteiger partial charge in [-0.05, 0) is 13.3 Å². The molecule has 13 heavy (non-hydrogen) atoms. The summed E-state index contributed by atoms with van der Waals surface area (Å²) in [7, 11) is 0. The third-order valence-electron chi connectivity index (χ3n) is 2.18. The quantitative estimate of drug-likeness (QED) is 0.580. The van der Waals surface area contributed by atoms with Crippen LogP contribution in [0, 0.1) is 0 Å². The molecular formula is C9H16N2O2. The van der Waals surface area contributed by atoms with Crippen LogP contribution < -0.4 is 5.73 Å². The summed E-state index contributed by atoms with van der Waals surface area (Å²) in [6.07, 6.45) is 0.0136. The molecule has 0 spiro atoms. The van der Waals surface area contributed by atoms with Gasteiger partial charge in [-0.15, -0.1) is 0 Å². The Morgan fingerprint density at radius 2 is 2.38 bits per heavy atom. The van der Waals surface area contributed by atoms with Crippen molar-refractivity contribution in [1.29, 1.82) is 0 Å². The molecule has 4 heteroatoms. The molecule has 1 aliphatic heterocycles. The highest BCUT2D eigenvalue weighted by atomic mass is 16.3. The Balaban J connectivity index is 2.60. The van der Waals surface area contributed by atoms with Gasteiger partial charge in [-0.2, -0.15) is 0 Å². The van der Waals surface area contributed by atoms with E-state index in [1.54, 1.807) is 0 Å². The number of nitrogens with two attached hydrogens (primary N) is 1. The van der Waals surface area contributed by atoms with Gasteiger partial charge in [0, 0.05) is 13.1 Å². The second-order valence-electron chi connectivity index (χ2n) is 3.69. The van der Waals surface area contributed by atoms with Crippen LogP contribution in [-0.2, 0) is 4.79 Å². The van der Waals surface area contributed by atoms with Crippen molar-refractivity contribution in [1.82, 2.24) is 4.90 Å². The van der Waals surface area contributed by atoms with E-state index in [9.17, 15) is 9.90 Å². The number of carbonyl (C=O) groups is 1. The number of aliphatic hydroxyl groups excluding tert-OH is 1. The molecule has 4 nitrogen and oxygen atoms in total. The number of β-amino-alcohol motifs (C(OH)–C–C–N with tert-alkyl or cyclic N) is 1. The third kappa shape index (κ3) is 2.54. The van der Waals surface area contributed by atoms with Gasteiger partial charge >= 0.3 is 0 Å². The fraction of sp³-hybridized carbons (Fsp3) is 0.667. The van der Waals surface area contributed by atoms with Crippen molar-refractivity contribution in [3.8, 4) is 0 Å². The maximum absolute atomic E-state index is 11.0. The Morgan fingerprint density at radius 3 is 2.85 bits per heavy atom. The molecule has 74 valence electrons. The maximum atomic E-state index is 11.0. The number of rotatable bonds is 3. The first kappa shape index (κ1) is 10.2. The number of amides is 1. The zero-order valence-electron chi connectivity index (χ0n) is 7.86. The summed E-state index contributed by atoms with van der Waals surface area (Å²) in [4.78, 5) is 12.8. The van der Waals surface area contributed by atoms with Gasteiger partial charge in [0.1, 0.15) is 0 Å². The Labute approximate surface area is 78.0 Å². The zero-order valence-corrected chi connectivity index (χ0v) is 7.86. The summed E-state index contributed by atoms with van der Waals surface area (Å²) in [6.45, 7) is 6.80. The zero-order chi connectivity index (χ0) is 10.0. The predicted molar refractivity (Wildman–Crippen MR) is 50.0 cm³/mol. The fourth-order valence-electron chi connectivity index (χ4n) is 1.70. The van der Waals surface area contributed by atoms with E-state index < -0.39 is 6.10 Å². The van der Waals surface area contributed by atoms with Crippen molar-refractivity contribution in [2.45, 2.75) is 25.5 Å². The number of nitrogens with zero attached hydrogens (tertiary/aromatic N) is 1. The van der Waals surface area contributed by atoms with Crippen LogP contribution in [0.25, 0.3) is 0 Å². The molecule has 1 aliphatic rings. The number of likely N-dealkylation sites (tertiary alicyclic amines) is 1. The third-order valence-corrected chi connectivity index (χ3v) is 2.18. The van der Waals surface area contributed by atoms with Crippen molar-refractivity contribution in [2.24, 2.45) is 5.73 Å². The molecule has 0 aliphatic carbocycles. The lowest BCUT2D eigenvalue weighted by atomic mass is 10.2. The smallest absolute Gasteiger partial charge is 0.234 e. The molecule has 0 aromatic rings. The fourth-order valence-corrected chi connectivity index (χ4v) is 1.70. The molecule has 1 heterocycles. The van der Waals surface area contributed by atoms with Gasteiger partial charge in [0.25, 0.3) is 0 Å². The lowest BCUT2D eigenvalue weighted by molar-refractivity contribution is -0.122. The largest absolute Gasteiger partial charge is 0.392 e. The molecule has 0 aromatic carbocycles. The number of carbonyl (C=O) groups excluding carboxylic acids is 1. The first-order chi connectivity index (χ1) is 6.00. The van der Waals surface area contributed by atoms with Crippen molar-refractivity contribution in [3.05, 3.63) is 12.2 Å². The summed E-state index contributed by atoms with van der Waals surface area (Å²) in [5.74, 6) is -0.363. The molecule has 0 radical (unpaired) electrons. The van der Waals surface area contributed by atoms with Crippen LogP contribution in [0.4, 0.5) is 0 Å². The Morgan fingerprint density at radius 1 is 1.77 bits per heavy atom. The standard InChI is InChI=1S/C9H16N2O2/c1-6(2)4-11-5-7(12)3-8(11)9(10)13/h7-8,12H,1,3-5H2,2H3,(H2,10,13). The van der Waals surface area contributed by atoms with Gasteiger partial charge in [-0.3, -0.25) is 9.69 Å². The summed E-state index contributed by atoms with van der Waals surface area (Å²) < 4.78 is 0. The highest BCUT2D eigenvalue weighted by molar-refractivity contribution is 5.80. The number of hydrogen-bond acceptors (Lipinski definition) is 3. The van der Waals surface area contributed by atoms with Crippen LogP contribution in [0.3, 0.4) is 0 Å². The van der Waals surface area contributed by atoms with Crippen molar-refractivity contribution in [3.63, 3.8) is 0 Å². The monoisotopic (exact) mass is 184 g/mol.